The number of hydrogen-bond acceptors (Lipinski definition) is 4. The van der Waals surface area contributed by atoms with Crippen LogP contribution in [0.2, 0.25) is 0 Å². The molecule has 0 saturated heterocycles. The zero-order valence-corrected chi connectivity index (χ0v) is 25.2. The van der Waals surface area contributed by atoms with Gasteiger partial charge >= 0.3 is 0 Å². The van der Waals surface area contributed by atoms with E-state index in [9.17, 15) is 18.0 Å². The first-order valence-electron chi connectivity index (χ1n) is 13.7. The Morgan fingerprint density at radius 2 is 1.61 bits per heavy atom. The molecule has 0 bridgehead atoms. The van der Waals surface area contributed by atoms with E-state index in [0.717, 1.165) is 26.4 Å². The van der Waals surface area contributed by atoms with Gasteiger partial charge in [0.1, 0.15) is 6.04 Å². The molecule has 212 valence electrons. The minimum atomic E-state index is -3.71. The van der Waals surface area contributed by atoms with Crippen molar-refractivity contribution < 1.29 is 18.0 Å². The summed E-state index contributed by atoms with van der Waals surface area (Å²) in [6.07, 6.45) is 0.777. The van der Waals surface area contributed by atoms with Gasteiger partial charge in [0, 0.05) is 42.3 Å². The SMILES string of the molecule is CCNC(=O)[C@H](Cc1ccccc1)N(Cc1ccc(Br)cc1)C(=O)CCCN1c2cccc3cccc(c23)S1(=O)=O. The molecule has 5 rings (SSSR count). The molecular weight excluding hydrogens is 602 g/mol. The van der Waals surface area contributed by atoms with Crippen LogP contribution in [0.3, 0.4) is 0 Å². The van der Waals surface area contributed by atoms with Crippen molar-refractivity contribution in [3.8, 4) is 0 Å². The van der Waals surface area contributed by atoms with E-state index in [0.29, 0.717) is 30.0 Å². The Morgan fingerprint density at radius 3 is 2.32 bits per heavy atom. The first kappa shape index (κ1) is 28.8. The van der Waals surface area contributed by atoms with E-state index >= 15 is 0 Å². The van der Waals surface area contributed by atoms with Crippen LogP contribution < -0.4 is 9.62 Å². The van der Waals surface area contributed by atoms with Crippen LogP contribution >= 0.6 is 15.9 Å². The molecule has 4 aromatic rings. The monoisotopic (exact) mass is 633 g/mol. The maximum atomic E-state index is 13.9. The molecule has 1 aliphatic heterocycles. The Balaban J connectivity index is 1.38. The lowest BCUT2D eigenvalue weighted by Gasteiger charge is -2.32. The van der Waals surface area contributed by atoms with Crippen LogP contribution in [0, 0.1) is 0 Å². The van der Waals surface area contributed by atoms with Gasteiger partial charge in [-0.2, -0.15) is 0 Å². The summed E-state index contributed by atoms with van der Waals surface area (Å²) in [5.74, 6) is -0.418. The number of halogens is 1. The van der Waals surface area contributed by atoms with E-state index in [1.165, 1.54) is 4.31 Å². The number of benzene rings is 4. The molecular formula is C32H32BrN3O4S. The topological polar surface area (TPSA) is 86.8 Å². The lowest BCUT2D eigenvalue weighted by molar-refractivity contribution is -0.141. The van der Waals surface area contributed by atoms with Crippen LogP contribution in [0.1, 0.15) is 30.9 Å². The van der Waals surface area contributed by atoms with Crippen LogP contribution in [0.25, 0.3) is 10.8 Å². The molecule has 4 aromatic carbocycles. The maximum Gasteiger partial charge on any atom is 0.265 e. The Bertz CT molecular complexity index is 1650. The number of likely N-dealkylation sites (N-methyl/N-ethyl adjacent to an activating group) is 1. The van der Waals surface area contributed by atoms with E-state index in [2.05, 4.69) is 21.2 Å². The Morgan fingerprint density at radius 1 is 0.902 bits per heavy atom. The molecule has 0 radical (unpaired) electrons. The summed E-state index contributed by atoms with van der Waals surface area (Å²) >= 11 is 3.46. The van der Waals surface area contributed by atoms with E-state index < -0.39 is 16.1 Å². The summed E-state index contributed by atoms with van der Waals surface area (Å²) in [4.78, 5) is 29.1. The van der Waals surface area contributed by atoms with E-state index in [1.54, 1.807) is 17.0 Å². The van der Waals surface area contributed by atoms with Crippen LogP contribution in [-0.4, -0.2) is 44.3 Å². The molecule has 7 nitrogen and oxygen atoms in total. The molecule has 0 fully saturated rings. The minimum absolute atomic E-state index is 0.0968. The number of hydrogen-bond donors (Lipinski definition) is 1. The number of nitrogens with one attached hydrogen (secondary N) is 1. The fraction of sp³-hybridized carbons (Fsp3) is 0.250. The van der Waals surface area contributed by atoms with Gasteiger partial charge in [-0.3, -0.25) is 13.9 Å². The van der Waals surface area contributed by atoms with Crippen LogP contribution in [-0.2, 0) is 32.6 Å². The fourth-order valence-electron chi connectivity index (χ4n) is 5.35. The lowest BCUT2D eigenvalue weighted by atomic mass is 10.0. The normalized spacial score (nSPS) is 14.1. The van der Waals surface area contributed by atoms with Crippen molar-refractivity contribution in [2.24, 2.45) is 0 Å². The number of carbonyl (C=O) groups excluding carboxylic acids is 2. The largest absolute Gasteiger partial charge is 0.355 e. The Labute approximate surface area is 249 Å². The molecule has 1 N–H and O–H groups in total. The first-order chi connectivity index (χ1) is 19.8. The van der Waals surface area contributed by atoms with Gasteiger partial charge in [-0.15, -0.1) is 0 Å². The molecule has 1 aliphatic rings. The number of anilines is 1. The van der Waals surface area contributed by atoms with Crippen molar-refractivity contribution in [1.82, 2.24) is 10.2 Å². The smallest absolute Gasteiger partial charge is 0.265 e. The third-order valence-electron chi connectivity index (χ3n) is 7.32. The molecule has 0 aliphatic carbocycles. The summed E-state index contributed by atoms with van der Waals surface area (Å²) in [6.45, 7) is 2.72. The lowest BCUT2D eigenvalue weighted by Crippen LogP contribution is -2.50. The zero-order valence-electron chi connectivity index (χ0n) is 22.8. The van der Waals surface area contributed by atoms with E-state index in [-0.39, 0.29) is 31.3 Å². The molecule has 1 atom stereocenters. The van der Waals surface area contributed by atoms with Crippen molar-refractivity contribution >= 4 is 54.2 Å². The van der Waals surface area contributed by atoms with Crippen LogP contribution in [0.4, 0.5) is 5.69 Å². The third-order valence-corrected chi connectivity index (χ3v) is 9.71. The van der Waals surface area contributed by atoms with Crippen LogP contribution in [0.15, 0.2) is 100 Å². The summed E-state index contributed by atoms with van der Waals surface area (Å²) in [5, 5.41) is 4.49. The van der Waals surface area contributed by atoms with Crippen LogP contribution in [0.5, 0.6) is 0 Å². The van der Waals surface area contributed by atoms with Gasteiger partial charge < -0.3 is 10.2 Å². The summed E-state index contributed by atoms with van der Waals surface area (Å²) in [7, 11) is -3.71. The third kappa shape index (κ3) is 6.16. The van der Waals surface area contributed by atoms with Crippen molar-refractivity contribution in [3.63, 3.8) is 0 Å². The van der Waals surface area contributed by atoms with Gasteiger partial charge in [0.2, 0.25) is 11.8 Å². The van der Waals surface area contributed by atoms with Gasteiger partial charge in [0.05, 0.1) is 10.6 Å². The number of rotatable bonds is 11. The Hall–Kier alpha value is -3.69. The van der Waals surface area contributed by atoms with Gasteiger partial charge in [-0.1, -0.05) is 82.7 Å². The molecule has 2 amide bonds. The first-order valence-corrected chi connectivity index (χ1v) is 15.9. The highest BCUT2D eigenvalue weighted by Crippen LogP contribution is 2.42. The van der Waals surface area contributed by atoms with E-state index in [1.807, 2.05) is 85.8 Å². The Kier molecular flexibility index (Phi) is 8.75. The highest BCUT2D eigenvalue weighted by molar-refractivity contribution is 9.10. The quantitative estimate of drug-likeness (QED) is 0.231. The second-order valence-corrected chi connectivity index (χ2v) is 12.8. The summed E-state index contributed by atoms with van der Waals surface area (Å²) < 4.78 is 29.1. The summed E-state index contributed by atoms with van der Waals surface area (Å²) in [5.41, 5.74) is 2.49. The van der Waals surface area contributed by atoms with Gasteiger partial charge in [0.25, 0.3) is 10.0 Å². The second-order valence-electron chi connectivity index (χ2n) is 10.1. The average Bonchev–Trinajstić information content (AvgIpc) is 3.19. The zero-order chi connectivity index (χ0) is 29.0. The standard InChI is InChI=1S/C32H32BrN3O4S/c1-2-34-32(38)28(21-23-9-4-3-5-10-23)35(22-24-16-18-26(33)19-17-24)30(37)15-8-20-36-27-13-6-11-25-12-7-14-29(31(25)27)41(36,39)40/h3-7,9-14,16-19,28H,2,8,15,20-22H2,1H3,(H,34,38)/t28-/m0/s1. The minimum Gasteiger partial charge on any atom is -0.355 e. The summed E-state index contributed by atoms with van der Waals surface area (Å²) in [6, 6.07) is 27.4. The molecule has 9 heteroatoms. The molecule has 41 heavy (non-hydrogen) atoms. The predicted molar refractivity (Wildman–Crippen MR) is 165 cm³/mol. The number of carbonyl (C=O) groups is 2. The molecule has 0 unspecified atom stereocenters. The predicted octanol–water partition coefficient (Wildman–Crippen LogP) is 5.67. The highest BCUT2D eigenvalue weighted by Gasteiger charge is 2.36. The molecule has 0 aromatic heterocycles. The molecule has 0 saturated carbocycles. The second kappa shape index (κ2) is 12.4. The van der Waals surface area contributed by atoms with Gasteiger partial charge in [-0.05, 0) is 54.1 Å². The van der Waals surface area contributed by atoms with Crippen molar-refractivity contribution in [2.75, 3.05) is 17.4 Å². The average molecular weight is 635 g/mol. The number of amides is 2. The van der Waals surface area contributed by atoms with Crippen molar-refractivity contribution in [1.29, 1.82) is 0 Å². The number of nitrogens with zero attached hydrogens (tertiary/aromatic N) is 2. The maximum absolute atomic E-state index is 13.9. The van der Waals surface area contributed by atoms with E-state index in [4.69, 9.17) is 0 Å². The van der Waals surface area contributed by atoms with Crippen molar-refractivity contribution in [2.45, 2.75) is 43.7 Å². The number of sulfonamides is 1. The van der Waals surface area contributed by atoms with Crippen molar-refractivity contribution in [3.05, 3.63) is 107 Å². The van der Waals surface area contributed by atoms with Gasteiger partial charge in [0.15, 0.2) is 0 Å². The van der Waals surface area contributed by atoms with Gasteiger partial charge in [-0.25, -0.2) is 8.42 Å². The fourth-order valence-corrected chi connectivity index (χ4v) is 7.36. The molecule has 1 heterocycles. The molecule has 0 spiro atoms. The highest BCUT2D eigenvalue weighted by atomic mass is 79.9.